The number of carbonyl (C=O) groups is 1. The normalized spacial score (nSPS) is 12.8. The predicted octanol–water partition coefficient (Wildman–Crippen LogP) is 6.48. The van der Waals surface area contributed by atoms with E-state index in [1.54, 1.807) is 18.2 Å². The predicted molar refractivity (Wildman–Crippen MR) is 106 cm³/mol. The van der Waals surface area contributed by atoms with Gasteiger partial charge in [0.15, 0.2) is 0 Å². The molecule has 1 aromatic heterocycles. The zero-order valence-electron chi connectivity index (χ0n) is 15.7. The molecule has 0 saturated carbocycles. The minimum atomic E-state index is -4.98. The minimum absolute atomic E-state index is 0.0502. The number of fused-ring (bicyclic) bond motifs is 1. The van der Waals surface area contributed by atoms with E-state index >= 15 is 0 Å². The minimum Gasteiger partial charge on any atom is -0.477 e. The first kappa shape index (κ1) is 23.4. The number of aliphatic carboxylic acids is 1. The third-order valence-electron chi connectivity index (χ3n) is 4.53. The van der Waals surface area contributed by atoms with Gasteiger partial charge in [-0.1, -0.05) is 15.9 Å². The molecular formula is C21H11BrF6N2O2. The third-order valence-corrected chi connectivity index (χ3v) is 5.02. The van der Waals surface area contributed by atoms with E-state index in [1.807, 2.05) is 0 Å². The summed E-state index contributed by atoms with van der Waals surface area (Å²) in [7, 11) is 0. The number of rotatable bonds is 4. The fraction of sp³-hybridized carbons (Fsp3) is 0.143. The highest BCUT2D eigenvalue weighted by molar-refractivity contribution is 9.10. The van der Waals surface area contributed by atoms with Crippen molar-refractivity contribution in [1.29, 1.82) is 5.26 Å². The van der Waals surface area contributed by atoms with Crippen LogP contribution in [0.4, 0.5) is 26.3 Å². The van der Waals surface area contributed by atoms with E-state index in [0.29, 0.717) is 27.5 Å². The molecule has 0 saturated heterocycles. The van der Waals surface area contributed by atoms with E-state index in [1.165, 1.54) is 16.8 Å². The van der Waals surface area contributed by atoms with Crippen LogP contribution in [-0.2, 0) is 23.7 Å². The van der Waals surface area contributed by atoms with Gasteiger partial charge in [-0.3, -0.25) is 0 Å². The second kappa shape index (κ2) is 8.35. The van der Waals surface area contributed by atoms with Crippen molar-refractivity contribution in [3.63, 3.8) is 0 Å². The Labute approximate surface area is 185 Å². The summed E-state index contributed by atoms with van der Waals surface area (Å²) < 4.78 is 81.0. The quantitative estimate of drug-likeness (QED) is 0.245. The zero-order chi connectivity index (χ0) is 23.8. The highest BCUT2D eigenvalue weighted by atomic mass is 79.9. The number of halogens is 7. The largest absolute Gasteiger partial charge is 0.477 e. The number of alkyl halides is 6. The lowest BCUT2D eigenvalue weighted by Gasteiger charge is -2.15. The highest BCUT2D eigenvalue weighted by Crippen LogP contribution is 2.37. The summed E-state index contributed by atoms with van der Waals surface area (Å²) in [6.45, 7) is -0.353. The summed E-state index contributed by atoms with van der Waals surface area (Å²) in [5, 5.41) is 18.6. The molecule has 0 bridgehead atoms. The summed E-state index contributed by atoms with van der Waals surface area (Å²) in [6, 6.07) is 7.63. The maximum absolute atomic E-state index is 13.2. The van der Waals surface area contributed by atoms with Gasteiger partial charge in [-0.15, -0.1) is 0 Å². The lowest BCUT2D eigenvalue weighted by atomic mass is 10.0. The number of nitrogens with zero attached hydrogens (tertiary/aromatic N) is 2. The van der Waals surface area contributed by atoms with Gasteiger partial charge in [0.2, 0.25) is 0 Å². The van der Waals surface area contributed by atoms with Crippen molar-refractivity contribution >= 4 is 38.9 Å². The third kappa shape index (κ3) is 4.96. The van der Waals surface area contributed by atoms with Crippen molar-refractivity contribution in [3.05, 3.63) is 74.9 Å². The van der Waals surface area contributed by atoms with Crippen LogP contribution in [-0.4, -0.2) is 15.6 Å². The second-order valence-corrected chi connectivity index (χ2v) is 7.68. The second-order valence-electron chi connectivity index (χ2n) is 6.76. The van der Waals surface area contributed by atoms with Crippen LogP contribution in [0.5, 0.6) is 0 Å². The molecule has 0 aliphatic rings. The average molecular weight is 517 g/mol. The van der Waals surface area contributed by atoms with Crippen LogP contribution in [0.15, 0.2) is 52.6 Å². The fourth-order valence-corrected chi connectivity index (χ4v) is 3.51. The van der Waals surface area contributed by atoms with Crippen LogP contribution in [0.2, 0.25) is 0 Å². The van der Waals surface area contributed by atoms with Gasteiger partial charge < -0.3 is 9.67 Å². The van der Waals surface area contributed by atoms with E-state index in [2.05, 4.69) is 15.9 Å². The molecule has 4 nitrogen and oxygen atoms in total. The summed E-state index contributed by atoms with van der Waals surface area (Å²) in [5.74, 6) is -1.48. The topological polar surface area (TPSA) is 66.0 Å². The van der Waals surface area contributed by atoms with Crippen molar-refractivity contribution in [2.24, 2.45) is 0 Å². The van der Waals surface area contributed by atoms with Crippen molar-refractivity contribution in [2.75, 3.05) is 0 Å². The van der Waals surface area contributed by atoms with Gasteiger partial charge in [-0.25, -0.2) is 4.79 Å². The Balaban J connectivity index is 2.18. The molecule has 0 amide bonds. The Kier molecular flexibility index (Phi) is 6.11. The molecule has 0 unspecified atom stereocenters. The molecule has 166 valence electrons. The Morgan fingerprint density at radius 2 is 1.66 bits per heavy atom. The monoisotopic (exact) mass is 516 g/mol. The first-order valence-corrected chi connectivity index (χ1v) is 9.50. The van der Waals surface area contributed by atoms with Crippen molar-refractivity contribution < 1.29 is 36.2 Å². The molecule has 32 heavy (non-hydrogen) atoms. The first-order chi connectivity index (χ1) is 14.8. The standard InChI is InChI=1S/C21H11BrF6N2O2/c22-16-1-2-18-17(7-16)13(5-12(8-29)19(31)32)10-30(18)9-11-3-14(20(23,24)25)6-15(4-11)21(26,27)28/h1-7,10H,9H2,(H,31,32)/b12-5+. The zero-order valence-corrected chi connectivity index (χ0v) is 17.3. The number of hydrogen-bond donors (Lipinski definition) is 1. The van der Waals surface area contributed by atoms with E-state index in [0.717, 1.165) is 6.08 Å². The number of benzene rings is 2. The van der Waals surface area contributed by atoms with Crippen LogP contribution in [0, 0.1) is 11.3 Å². The van der Waals surface area contributed by atoms with Crippen LogP contribution in [0.25, 0.3) is 17.0 Å². The number of nitriles is 1. The molecule has 0 aliphatic carbocycles. The van der Waals surface area contributed by atoms with Crippen LogP contribution >= 0.6 is 15.9 Å². The van der Waals surface area contributed by atoms with Crippen molar-refractivity contribution in [1.82, 2.24) is 4.57 Å². The lowest BCUT2D eigenvalue weighted by Crippen LogP contribution is -2.12. The van der Waals surface area contributed by atoms with Crippen LogP contribution in [0.3, 0.4) is 0 Å². The van der Waals surface area contributed by atoms with Gasteiger partial charge in [0.05, 0.1) is 11.1 Å². The SMILES string of the molecule is N#C/C(=C\c1cn(Cc2cc(C(F)(F)F)cc(C(F)(F)F)c2)c2ccc(Br)cc12)C(=O)O. The number of carboxylic acid groups (broad SMARTS) is 1. The molecule has 0 aliphatic heterocycles. The van der Waals surface area contributed by atoms with Crippen molar-refractivity contribution in [2.45, 2.75) is 18.9 Å². The molecule has 0 spiro atoms. The first-order valence-electron chi connectivity index (χ1n) is 8.71. The Hall–Kier alpha value is -3.26. The Morgan fingerprint density at radius 3 is 2.16 bits per heavy atom. The number of aromatic nitrogens is 1. The van der Waals surface area contributed by atoms with Gasteiger partial charge in [0, 0.05) is 33.7 Å². The molecular weight excluding hydrogens is 506 g/mol. The maximum atomic E-state index is 13.2. The van der Waals surface area contributed by atoms with Crippen molar-refractivity contribution in [3.8, 4) is 6.07 Å². The summed E-state index contributed by atoms with van der Waals surface area (Å²) in [5.41, 5.74) is -3.00. The number of carboxylic acids is 1. The van der Waals surface area contributed by atoms with Gasteiger partial charge in [-0.2, -0.15) is 31.6 Å². The van der Waals surface area contributed by atoms with E-state index < -0.39 is 35.0 Å². The molecule has 0 fully saturated rings. The lowest BCUT2D eigenvalue weighted by molar-refractivity contribution is -0.143. The van der Waals surface area contributed by atoms with E-state index in [9.17, 15) is 31.1 Å². The summed E-state index contributed by atoms with van der Waals surface area (Å²) >= 11 is 3.26. The molecule has 2 aromatic carbocycles. The fourth-order valence-electron chi connectivity index (χ4n) is 3.15. The van der Waals surface area contributed by atoms with Gasteiger partial charge >= 0.3 is 18.3 Å². The molecule has 1 N–H and O–H groups in total. The molecule has 3 aromatic rings. The Morgan fingerprint density at radius 1 is 1.06 bits per heavy atom. The molecule has 11 heteroatoms. The molecule has 0 radical (unpaired) electrons. The van der Waals surface area contributed by atoms with Gasteiger partial charge in [0.1, 0.15) is 11.6 Å². The molecule has 1 heterocycles. The summed E-state index contributed by atoms with van der Waals surface area (Å²) in [6.07, 6.45) is -7.50. The average Bonchev–Trinajstić information content (AvgIpc) is 3.00. The Bertz CT molecular complexity index is 1250. The smallest absolute Gasteiger partial charge is 0.416 e. The van der Waals surface area contributed by atoms with E-state index in [-0.39, 0.29) is 23.7 Å². The van der Waals surface area contributed by atoms with E-state index in [4.69, 9.17) is 10.4 Å². The van der Waals surface area contributed by atoms with Gasteiger partial charge in [0.25, 0.3) is 0 Å². The molecule has 0 atom stereocenters. The molecule has 3 rings (SSSR count). The highest BCUT2D eigenvalue weighted by Gasteiger charge is 2.36. The number of hydrogen-bond acceptors (Lipinski definition) is 2. The van der Waals surface area contributed by atoms with Crippen LogP contribution < -0.4 is 0 Å². The maximum Gasteiger partial charge on any atom is 0.416 e. The summed E-state index contributed by atoms with van der Waals surface area (Å²) in [4.78, 5) is 11.2. The van der Waals surface area contributed by atoms with Gasteiger partial charge in [-0.05, 0) is 48.0 Å². The van der Waals surface area contributed by atoms with Crippen LogP contribution in [0.1, 0.15) is 22.3 Å².